The molecular formula is C12H12F3N3. The van der Waals surface area contributed by atoms with Gasteiger partial charge in [-0.25, -0.2) is 4.98 Å². The molecule has 3 nitrogen and oxygen atoms in total. The third kappa shape index (κ3) is 1.59. The zero-order chi connectivity index (χ0) is 13.0. The SMILES string of the molecule is NC1(c2ncc3ccc(C(F)(F)F)cn23)CCC1. The van der Waals surface area contributed by atoms with Gasteiger partial charge >= 0.3 is 6.18 Å². The molecule has 0 spiro atoms. The van der Waals surface area contributed by atoms with Crippen LogP contribution in [0.15, 0.2) is 24.5 Å². The van der Waals surface area contributed by atoms with Crippen molar-refractivity contribution in [1.82, 2.24) is 9.38 Å². The van der Waals surface area contributed by atoms with Crippen molar-refractivity contribution in [1.29, 1.82) is 0 Å². The van der Waals surface area contributed by atoms with Crippen molar-refractivity contribution in [2.75, 3.05) is 0 Å². The lowest BCUT2D eigenvalue weighted by molar-refractivity contribution is -0.137. The first-order chi connectivity index (χ1) is 8.40. The fourth-order valence-electron chi connectivity index (χ4n) is 2.31. The number of hydrogen-bond acceptors (Lipinski definition) is 2. The summed E-state index contributed by atoms with van der Waals surface area (Å²) in [6.45, 7) is 0. The lowest BCUT2D eigenvalue weighted by atomic mass is 9.77. The Hall–Kier alpha value is -1.56. The van der Waals surface area contributed by atoms with Crippen LogP contribution >= 0.6 is 0 Å². The van der Waals surface area contributed by atoms with E-state index in [0.717, 1.165) is 31.5 Å². The molecule has 6 heteroatoms. The quantitative estimate of drug-likeness (QED) is 0.851. The highest BCUT2D eigenvalue weighted by molar-refractivity contribution is 5.48. The van der Waals surface area contributed by atoms with Gasteiger partial charge in [0.2, 0.25) is 0 Å². The van der Waals surface area contributed by atoms with E-state index in [9.17, 15) is 13.2 Å². The molecule has 2 aromatic rings. The highest BCUT2D eigenvalue weighted by Gasteiger charge is 2.38. The number of rotatable bonds is 1. The zero-order valence-corrected chi connectivity index (χ0v) is 9.54. The van der Waals surface area contributed by atoms with Crippen LogP contribution in [-0.2, 0) is 11.7 Å². The fraction of sp³-hybridized carbons (Fsp3) is 0.417. The van der Waals surface area contributed by atoms with Crippen molar-refractivity contribution in [3.8, 4) is 0 Å². The fourth-order valence-corrected chi connectivity index (χ4v) is 2.31. The Balaban J connectivity index is 2.17. The van der Waals surface area contributed by atoms with Gasteiger partial charge in [-0.05, 0) is 31.4 Å². The molecule has 1 fully saturated rings. The molecule has 2 aromatic heterocycles. The highest BCUT2D eigenvalue weighted by Crippen LogP contribution is 2.38. The second kappa shape index (κ2) is 3.47. The summed E-state index contributed by atoms with van der Waals surface area (Å²) in [5.41, 5.74) is 5.51. The monoisotopic (exact) mass is 255 g/mol. The maximum Gasteiger partial charge on any atom is 0.417 e. The molecule has 1 aliphatic rings. The number of aromatic nitrogens is 2. The lowest BCUT2D eigenvalue weighted by Gasteiger charge is -2.36. The molecule has 0 saturated heterocycles. The minimum atomic E-state index is -4.35. The third-order valence-electron chi connectivity index (χ3n) is 3.55. The first-order valence-corrected chi connectivity index (χ1v) is 5.74. The van der Waals surface area contributed by atoms with E-state index in [2.05, 4.69) is 4.98 Å². The largest absolute Gasteiger partial charge is 0.417 e. The average Bonchev–Trinajstić information content (AvgIpc) is 2.67. The first kappa shape index (κ1) is 11.5. The van der Waals surface area contributed by atoms with Gasteiger partial charge in [-0.2, -0.15) is 13.2 Å². The molecule has 2 N–H and O–H groups in total. The molecule has 1 saturated carbocycles. The summed E-state index contributed by atoms with van der Waals surface area (Å²) in [5, 5.41) is 0. The normalized spacial score (nSPS) is 18.9. The van der Waals surface area contributed by atoms with Crippen molar-refractivity contribution in [2.24, 2.45) is 5.73 Å². The minimum absolute atomic E-state index is 0.523. The Kier molecular flexibility index (Phi) is 2.22. The Labute approximate surface area is 101 Å². The van der Waals surface area contributed by atoms with E-state index < -0.39 is 17.3 Å². The summed E-state index contributed by atoms with van der Waals surface area (Å²) in [6.07, 6.45) is 0.805. The predicted molar refractivity (Wildman–Crippen MR) is 59.9 cm³/mol. The van der Waals surface area contributed by atoms with Crippen molar-refractivity contribution in [2.45, 2.75) is 31.0 Å². The number of fused-ring (bicyclic) bond motifs is 1. The van der Waals surface area contributed by atoms with E-state index in [4.69, 9.17) is 5.73 Å². The van der Waals surface area contributed by atoms with E-state index in [-0.39, 0.29) is 0 Å². The number of nitrogens with two attached hydrogens (primary N) is 1. The van der Waals surface area contributed by atoms with Crippen molar-refractivity contribution in [3.63, 3.8) is 0 Å². The van der Waals surface area contributed by atoms with Crippen LogP contribution in [0.4, 0.5) is 13.2 Å². The minimum Gasteiger partial charge on any atom is -0.319 e. The molecule has 0 radical (unpaired) electrons. The molecule has 0 unspecified atom stereocenters. The van der Waals surface area contributed by atoms with Crippen LogP contribution in [0.1, 0.15) is 30.7 Å². The van der Waals surface area contributed by atoms with Crippen LogP contribution in [0.2, 0.25) is 0 Å². The molecule has 18 heavy (non-hydrogen) atoms. The number of nitrogens with zero attached hydrogens (tertiary/aromatic N) is 2. The second-order valence-electron chi connectivity index (χ2n) is 4.80. The van der Waals surface area contributed by atoms with Gasteiger partial charge in [0.1, 0.15) is 5.82 Å². The summed E-state index contributed by atoms with van der Waals surface area (Å²) in [7, 11) is 0. The average molecular weight is 255 g/mol. The molecule has 0 bridgehead atoms. The third-order valence-corrected chi connectivity index (χ3v) is 3.55. The molecule has 0 aromatic carbocycles. The Morgan fingerprint density at radius 3 is 2.56 bits per heavy atom. The van der Waals surface area contributed by atoms with Gasteiger partial charge in [-0.1, -0.05) is 0 Å². The molecule has 0 aliphatic heterocycles. The van der Waals surface area contributed by atoms with Crippen LogP contribution in [0.3, 0.4) is 0 Å². The first-order valence-electron chi connectivity index (χ1n) is 5.74. The lowest BCUT2D eigenvalue weighted by Crippen LogP contribution is -2.45. The predicted octanol–water partition coefficient (Wildman–Crippen LogP) is 2.69. The van der Waals surface area contributed by atoms with Gasteiger partial charge in [-0.15, -0.1) is 0 Å². The molecule has 3 rings (SSSR count). The van der Waals surface area contributed by atoms with Gasteiger partial charge < -0.3 is 10.1 Å². The van der Waals surface area contributed by atoms with E-state index >= 15 is 0 Å². The summed E-state index contributed by atoms with van der Waals surface area (Å²) in [6, 6.07) is 2.48. The van der Waals surface area contributed by atoms with E-state index in [1.54, 1.807) is 6.20 Å². The highest BCUT2D eigenvalue weighted by atomic mass is 19.4. The molecule has 0 amide bonds. The number of halogens is 3. The number of alkyl halides is 3. The van der Waals surface area contributed by atoms with Gasteiger partial charge in [0.15, 0.2) is 0 Å². The van der Waals surface area contributed by atoms with Crippen molar-refractivity contribution < 1.29 is 13.2 Å². The Morgan fingerprint density at radius 2 is 2.00 bits per heavy atom. The summed E-state index contributed by atoms with van der Waals surface area (Å²) in [4.78, 5) is 4.18. The summed E-state index contributed by atoms with van der Waals surface area (Å²) in [5.74, 6) is 0.523. The zero-order valence-electron chi connectivity index (χ0n) is 9.54. The van der Waals surface area contributed by atoms with E-state index in [0.29, 0.717) is 11.3 Å². The summed E-state index contributed by atoms with van der Waals surface area (Å²) >= 11 is 0. The van der Waals surface area contributed by atoms with Crippen LogP contribution in [-0.4, -0.2) is 9.38 Å². The van der Waals surface area contributed by atoms with Crippen molar-refractivity contribution in [3.05, 3.63) is 35.9 Å². The number of hydrogen-bond donors (Lipinski definition) is 1. The Bertz CT molecular complexity index is 596. The van der Waals surface area contributed by atoms with E-state index in [1.165, 1.54) is 10.5 Å². The number of imidazole rings is 1. The smallest absolute Gasteiger partial charge is 0.319 e. The second-order valence-corrected chi connectivity index (χ2v) is 4.80. The topological polar surface area (TPSA) is 43.3 Å². The maximum absolute atomic E-state index is 12.7. The molecule has 1 aliphatic carbocycles. The van der Waals surface area contributed by atoms with Crippen LogP contribution in [0.5, 0.6) is 0 Å². The van der Waals surface area contributed by atoms with Gasteiger partial charge in [0, 0.05) is 6.20 Å². The van der Waals surface area contributed by atoms with Gasteiger partial charge in [0.05, 0.1) is 22.8 Å². The van der Waals surface area contributed by atoms with Crippen LogP contribution in [0, 0.1) is 0 Å². The summed E-state index contributed by atoms with van der Waals surface area (Å²) < 4.78 is 39.5. The number of pyridine rings is 1. The van der Waals surface area contributed by atoms with Crippen molar-refractivity contribution >= 4 is 5.52 Å². The molecular weight excluding hydrogens is 243 g/mol. The molecule has 0 atom stereocenters. The maximum atomic E-state index is 12.7. The van der Waals surface area contributed by atoms with E-state index in [1.807, 2.05) is 0 Å². The van der Waals surface area contributed by atoms with Crippen LogP contribution < -0.4 is 5.73 Å². The molecule has 2 heterocycles. The van der Waals surface area contributed by atoms with Gasteiger partial charge in [0.25, 0.3) is 0 Å². The standard InChI is InChI=1S/C12H12F3N3/c13-12(14,15)8-2-3-9-6-17-10(18(9)7-8)11(16)4-1-5-11/h2-3,6-7H,1,4-5,16H2. The Morgan fingerprint density at radius 1 is 1.28 bits per heavy atom. The van der Waals surface area contributed by atoms with Gasteiger partial charge in [-0.3, -0.25) is 0 Å². The van der Waals surface area contributed by atoms with Crippen LogP contribution in [0.25, 0.3) is 5.52 Å². The molecule has 96 valence electrons.